The molecule has 3 nitrogen and oxygen atoms in total. The van der Waals surface area contributed by atoms with Crippen LogP contribution in [0.3, 0.4) is 0 Å². The Kier molecular flexibility index (Phi) is 6.65. The van der Waals surface area contributed by atoms with Crippen molar-refractivity contribution >= 4 is 5.91 Å². The zero-order valence-corrected chi connectivity index (χ0v) is 17.7. The molecule has 0 aliphatic carbocycles. The lowest BCUT2D eigenvalue weighted by atomic mass is 9.96. The third kappa shape index (κ3) is 5.67. The number of nitrogens with zero attached hydrogens (tertiary/aromatic N) is 2. The molecule has 1 saturated heterocycles. The molecule has 0 radical (unpaired) electrons. The summed E-state index contributed by atoms with van der Waals surface area (Å²) in [5, 5.41) is 0. The number of hydrogen-bond acceptors (Lipinski definition) is 2. The van der Waals surface area contributed by atoms with E-state index >= 15 is 0 Å². The fourth-order valence-electron chi connectivity index (χ4n) is 4.80. The smallest absolute Gasteiger partial charge is 0.342 e. The van der Waals surface area contributed by atoms with Crippen LogP contribution in [0.5, 0.6) is 0 Å². The first-order valence-electron chi connectivity index (χ1n) is 11.1. The molecule has 4 rings (SSSR count). The maximum Gasteiger partial charge on any atom is 0.416 e. The summed E-state index contributed by atoms with van der Waals surface area (Å²) in [7, 11) is 0. The van der Waals surface area contributed by atoms with E-state index in [2.05, 4.69) is 29.2 Å². The number of alkyl halides is 3. The van der Waals surface area contributed by atoms with Gasteiger partial charge in [-0.3, -0.25) is 4.79 Å². The van der Waals surface area contributed by atoms with Gasteiger partial charge in [-0.15, -0.1) is 0 Å². The van der Waals surface area contributed by atoms with Gasteiger partial charge < -0.3 is 9.80 Å². The van der Waals surface area contributed by atoms with Crippen molar-refractivity contribution in [1.82, 2.24) is 9.80 Å². The summed E-state index contributed by atoms with van der Waals surface area (Å²) in [5.74, 6) is 0.445. The highest BCUT2D eigenvalue weighted by atomic mass is 19.4. The maximum absolute atomic E-state index is 13.0. The van der Waals surface area contributed by atoms with Crippen LogP contribution in [-0.2, 0) is 30.2 Å². The summed E-state index contributed by atoms with van der Waals surface area (Å²) in [5.41, 5.74) is 2.09. The third-order valence-corrected chi connectivity index (χ3v) is 6.52. The molecule has 31 heavy (non-hydrogen) atoms. The number of rotatable bonds is 5. The number of amides is 1. The molecule has 1 unspecified atom stereocenters. The molecule has 0 bridgehead atoms. The molecule has 2 aliphatic rings. The van der Waals surface area contributed by atoms with Gasteiger partial charge >= 0.3 is 6.18 Å². The lowest BCUT2D eigenvalue weighted by molar-refractivity contribution is -0.137. The van der Waals surface area contributed by atoms with Crippen LogP contribution in [-0.4, -0.2) is 48.4 Å². The first-order chi connectivity index (χ1) is 14.9. The molecule has 1 atom stereocenters. The van der Waals surface area contributed by atoms with Crippen molar-refractivity contribution in [2.75, 3.05) is 32.7 Å². The monoisotopic (exact) mass is 430 g/mol. The van der Waals surface area contributed by atoms with Crippen molar-refractivity contribution in [3.63, 3.8) is 0 Å². The Labute approximate surface area is 181 Å². The minimum Gasteiger partial charge on any atom is -0.342 e. The molecule has 166 valence electrons. The Morgan fingerprint density at radius 1 is 1.00 bits per heavy atom. The van der Waals surface area contributed by atoms with E-state index in [1.807, 2.05) is 11.0 Å². The van der Waals surface area contributed by atoms with E-state index in [0.29, 0.717) is 31.0 Å². The number of piperidine rings is 1. The summed E-state index contributed by atoms with van der Waals surface area (Å²) in [4.78, 5) is 17.2. The molecule has 1 fully saturated rings. The number of carbonyl (C=O) groups is 1. The summed E-state index contributed by atoms with van der Waals surface area (Å²) < 4.78 is 39.1. The van der Waals surface area contributed by atoms with Crippen LogP contribution >= 0.6 is 0 Å². The molecule has 0 N–H and O–H groups in total. The van der Waals surface area contributed by atoms with Crippen LogP contribution in [0.1, 0.15) is 35.1 Å². The number of fused-ring (bicyclic) bond motifs is 1. The minimum absolute atomic E-state index is 0.0277. The average Bonchev–Trinajstić information content (AvgIpc) is 2.91. The minimum atomic E-state index is -4.35. The average molecular weight is 431 g/mol. The van der Waals surface area contributed by atoms with Crippen LogP contribution < -0.4 is 0 Å². The van der Waals surface area contributed by atoms with Gasteiger partial charge in [-0.2, -0.15) is 13.2 Å². The SMILES string of the molecule is O=C1Cc2ccc(C(F)(F)F)cc2CCN1CC1CCCN(CCc2ccccc2)C1. The van der Waals surface area contributed by atoms with Gasteiger partial charge in [0.05, 0.1) is 12.0 Å². The Morgan fingerprint density at radius 3 is 2.58 bits per heavy atom. The van der Waals surface area contributed by atoms with E-state index < -0.39 is 11.7 Å². The second-order valence-electron chi connectivity index (χ2n) is 8.79. The van der Waals surface area contributed by atoms with Crippen LogP contribution in [0, 0.1) is 5.92 Å². The Morgan fingerprint density at radius 2 is 1.81 bits per heavy atom. The van der Waals surface area contributed by atoms with E-state index in [4.69, 9.17) is 0 Å². The summed E-state index contributed by atoms with van der Waals surface area (Å²) >= 11 is 0. The van der Waals surface area contributed by atoms with Gasteiger partial charge in [-0.25, -0.2) is 0 Å². The predicted molar refractivity (Wildman–Crippen MR) is 115 cm³/mol. The first kappa shape index (κ1) is 21.9. The summed E-state index contributed by atoms with van der Waals surface area (Å²) in [6, 6.07) is 14.3. The van der Waals surface area contributed by atoms with Crippen LogP contribution in [0.15, 0.2) is 48.5 Å². The second-order valence-corrected chi connectivity index (χ2v) is 8.79. The molecule has 0 saturated carbocycles. The molecule has 6 heteroatoms. The van der Waals surface area contributed by atoms with Crippen molar-refractivity contribution < 1.29 is 18.0 Å². The molecule has 1 amide bonds. The Hall–Kier alpha value is -2.34. The lowest BCUT2D eigenvalue weighted by Gasteiger charge is -2.35. The van der Waals surface area contributed by atoms with E-state index in [1.165, 1.54) is 17.7 Å². The van der Waals surface area contributed by atoms with Crippen LogP contribution in [0.25, 0.3) is 0 Å². The second kappa shape index (κ2) is 9.43. The fraction of sp³-hybridized carbons (Fsp3) is 0.480. The molecule has 2 aromatic carbocycles. The molecular weight excluding hydrogens is 401 g/mol. The van der Waals surface area contributed by atoms with E-state index in [9.17, 15) is 18.0 Å². The summed E-state index contributed by atoms with van der Waals surface area (Å²) in [6.07, 6.45) is -0.440. The van der Waals surface area contributed by atoms with E-state index in [0.717, 1.165) is 50.5 Å². The van der Waals surface area contributed by atoms with Crippen molar-refractivity contribution in [1.29, 1.82) is 0 Å². The van der Waals surface area contributed by atoms with Crippen LogP contribution in [0.2, 0.25) is 0 Å². The quantitative estimate of drug-likeness (QED) is 0.693. The normalized spacial score (nSPS) is 20.4. The number of halogens is 3. The molecule has 2 aromatic rings. The molecule has 0 aromatic heterocycles. The number of benzene rings is 2. The Balaban J connectivity index is 1.34. The number of carbonyl (C=O) groups excluding carboxylic acids is 1. The lowest BCUT2D eigenvalue weighted by Crippen LogP contribution is -2.44. The van der Waals surface area contributed by atoms with Gasteiger partial charge in [-0.1, -0.05) is 36.4 Å². The maximum atomic E-state index is 13.0. The van der Waals surface area contributed by atoms with Gasteiger partial charge in [0.15, 0.2) is 0 Å². The molecule has 2 aliphatic heterocycles. The van der Waals surface area contributed by atoms with Gasteiger partial charge in [0.25, 0.3) is 0 Å². The van der Waals surface area contributed by atoms with Gasteiger partial charge in [0.1, 0.15) is 0 Å². The van der Waals surface area contributed by atoms with Crippen molar-refractivity contribution in [2.45, 2.75) is 38.3 Å². The number of hydrogen-bond donors (Lipinski definition) is 0. The number of likely N-dealkylation sites (tertiary alicyclic amines) is 1. The van der Waals surface area contributed by atoms with Gasteiger partial charge in [-0.05, 0) is 67.0 Å². The standard InChI is InChI=1S/C25H29F3N2O/c26-25(27,28)23-9-8-21-16-24(31)30(14-11-22(21)15-23)18-20-7-4-12-29(17-20)13-10-19-5-2-1-3-6-19/h1-3,5-6,8-9,15,20H,4,7,10-14,16-18H2. The highest BCUT2D eigenvalue weighted by Crippen LogP contribution is 2.32. The topological polar surface area (TPSA) is 23.6 Å². The van der Waals surface area contributed by atoms with E-state index in [-0.39, 0.29) is 12.3 Å². The zero-order chi connectivity index (χ0) is 21.8. The largest absolute Gasteiger partial charge is 0.416 e. The first-order valence-corrected chi connectivity index (χ1v) is 11.1. The highest BCUT2D eigenvalue weighted by molar-refractivity contribution is 5.80. The Bertz CT molecular complexity index is 897. The van der Waals surface area contributed by atoms with E-state index in [1.54, 1.807) is 0 Å². The van der Waals surface area contributed by atoms with Gasteiger partial charge in [0, 0.05) is 26.2 Å². The zero-order valence-electron chi connectivity index (χ0n) is 17.7. The predicted octanol–water partition coefficient (Wildman–Crippen LogP) is 4.59. The fourth-order valence-corrected chi connectivity index (χ4v) is 4.80. The van der Waals surface area contributed by atoms with Crippen molar-refractivity contribution in [2.24, 2.45) is 5.92 Å². The van der Waals surface area contributed by atoms with Gasteiger partial charge in [0.2, 0.25) is 5.91 Å². The summed E-state index contributed by atoms with van der Waals surface area (Å²) in [6.45, 7) is 4.26. The molecular formula is C25H29F3N2O. The van der Waals surface area contributed by atoms with Crippen LogP contribution in [0.4, 0.5) is 13.2 Å². The van der Waals surface area contributed by atoms with Crippen molar-refractivity contribution in [3.8, 4) is 0 Å². The van der Waals surface area contributed by atoms with Crippen molar-refractivity contribution in [3.05, 3.63) is 70.8 Å². The highest BCUT2D eigenvalue weighted by Gasteiger charge is 2.32. The third-order valence-electron chi connectivity index (χ3n) is 6.52. The molecule has 2 heterocycles. The molecule has 0 spiro atoms.